The standard InChI is InChI=1S/C22H23N3O3S/c1-17-6-8-18(9-7-17)12-15-29(26,27)25-13-10-19(11-14-25)28-22-16-23-20-4-2-3-5-21(20)24-22/h2-9,12,15-16,19H,10-11,13-14H2,1H3/b15-12+. The van der Waals surface area contributed by atoms with Crippen molar-refractivity contribution in [1.29, 1.82) is 0 Å². The predicted octanol–water partition coefficient (Wildman–Crippen LogP) is 3.78. The molecule has 7 heteroatoms. The topological polar surface area (TPSA) is 72.4 Å². The van der Waals surface area contributed by atoms with Crippen LogP contribution in [0.5, 0.6) is 5.88 Å². The largest absolute Gasteiger partial charge is 0.473 e. The summed E-state index contributed by atoms with van der Waals surface area (Å²) in [5.41, 5.74) is 3.61. The number of benzene rings is 2. The first kappa shape index (κ1) is 19.5. The van der Waals surface area contributed by atoms with E-state index in [0.29, 0.717) is 31.8 Å². The van der Waals surface area contributed by atoms with Crippen LogP contribution in [0.3, 0.4) is 0 Å². The van der Waals surface area contributed by atoms with Gasteiger partial charge in [0.15, 0.2) is 0 Å². The highest BCUT2D eigenvalue weighted by molar-refractivity contribution is 7.92. The van der Waals surface area contributed by atoms with Crippen LogP contribution in [0.1, 0.15) is 24.0 Å². The molecule has 1 fully saturated rings. The lowest BCUT2D eigenvalue weighted by atomic mass is 10.1. The zero-order valence-electron chi connectivity index (χ0n) is 16.2. The third-order valence-corrected chi connectivity index (χ3v) is 6.55. The zero-order valence-corrected chi connectivity index (χ0v) is 17.0. The Balaban J connectivity index is 1.36. The Hall–Kier alpha value is -2.77. The van der Waals surface area contributed by atoms with Crippen LogP contribution < -0.4 is 4.74 Å². The quantitative estimate of drug-likeness (QED) is 0.641. The zero-order chi connectivity index (χ0) is 20.3. The highest BCUT2D eigenvalue weighted by Gasteiger charge is 2.27. The summed E-state index contributed by atoms with van der Waals surface area (Å²) in [6, 6.07) is 15.4. The Morgan fingerprint density at radius 3 is 2.45 bits per heavy atom. The fraction of sp³-hybridized carbons (Fsp3) is 0.273. The SMILES string of the molecule is Cc1ccc(/C=C/S(=O)(=O)N2CCC(Oc3cnc4ccccc4n3)CC2)cc1. The van der Waals surface area contributed by atoms with E-state index in [1.54, 1.807) is 12.3 Å². The Kier molecular flexibility index (Phi) is 5.60. The lowest BCUT2D eigenvalue weighted by Crippen LogP contribution is -2.41. The second kappa shape index (κ2) is 8.31. The molecule has 1 aliphatic heterocycles. The summed E-state index contributed by atoms with van der Waals surface area (Å²) in [4.78, 5) is 8.83. The van der Waals surface area contributed by atoms with E-state index in [-0.39, 0.29) is 6.10 Å². The summed E-state index contributed by atoms with van der Waals surface area (Å²) in [7, 11) is -3.45. The van der Waals surface area contributed by atoms with Gasteiger partial charge >= 0.3 is 0 Å². The molecule has 0 bridgehead atoms. The van der Waals surface area contributed by atoms with Gasteiger partial charge in [-0.25, -0.2) is 18.4 Å². The minimum Gasteiger partial charge on any atom is -0.473 e. The third kappa shape index (κ3) is 4.81. The van der Waals surface area contributed by atoms with Crippen molar-refractivity contribution >= 4 is 27.1 Å². The molecule has 3 aromatic rings. The number of fused-ring (bicyclic) bond motifs is 1. The second-order valence-corrected chi connectivity index (χ2v) is 8.99. The number of piperidine rings is 1. The van der Waals surface area contributed by atoms with Crippen LogP contribution in [0, 0.1) is 6.92 Å². The van der Waals surface area contributed by atoms with Gasteiger partial charge in [-0.2, -0.15) is 4.31 Å². The maximum atomic E-state index is 12.6. The van der Waals surface area contributed by atoms with Crippen molar-refractivity contribution in [3.63, 3.8) is 0 Å². The molecule has 2 heterocycles. The molecule has 2 aromatic carbocycles. The number of aryl methyl sites for hydroxylation is 1. The van der Waals surface area contributed by atoms with Gasteiger partial charge in [-0.3, -0.25) is 0 Å². The van der Waals surface area contributed by atoms with Gasteiger partial charge in [-0.1, -0.05) is 42.0 Å². The number of sulfonamides is 1. The molecule has 1 saturated heterocycles. The predicted molar refractivity (Wildman–Crippen MR) is 114 cm³/mol. The van der Waals surface area contributed by atoms with Crippen molar-refractivity contribution < 1.29 is 13.2 Å². The molecule has 6 nitrogen and oxygen atoms in total. The number of nitrogens with zero attached hydrogens (tertiary/aromatic N) is 3. The molecule has 0 spiro atoms. The van der Waals surface area contributed by atoms with Gasteiger partial charge in [-0.15, -0.1) is 0 Å². The van der Waals surface area contributed by atoms with Crippen LogP contribution in [-0.2, 0) is 10.0 Å². The molecule has 29 heavy (non-hydrogen) atoms. The van der Waals surface area contributed by atoms with Crippen LogP contribution in [0.25, 0.3) is 17.1 Å². The van der Waals surface area contributed by atoms with E-state index in [1.165, 1.54) is 9.71 Å². The molecule has 1 aliphatic rings. The highest BCUT2D eigenvalue weighted by atomic mass is 32.2. The van der Waals surface area contributed by atoms with Gasteiger partial charge in [0.25, 0.3) is 0 Å². The first-order chi connectivity index (χ1) is 14.0. The molecule has 0 aliphatic carbocycles. The van der Waals surface area contributed by atoms with Crippen LogP contribution in [-0.4, -0.2) is 41.9 Å². The first-order valence-corrected chi connectivity index (χ1v) is 11.1. The molecule has 1 aromatic heterocycles. The molecule has 0 unspecified atom stereocenters. The number of hydrogen-bond acceptors (Lipinski definition) is 5. The van der Waals surface area contributed by atoms with Crippen molar-refractivity contribution in [1.82, 2.24) is 14.3 Å². The summed E-state index contributed by atoms with van der Waals surface area (Å²) in [5, 5.41) is 1.29. The summed E-state index contributed by atoms with van der Waals surface area (Å²) in [5.74, 6) is 0.476. The smallest absolute Gasteiger partial charge is 0.236 e. The molecular weight excluding hydrogens is 386 g/mol. The van der Waals surface area contributed by atoms with Gasteiger partial charge in [0, 0.05) is 18.5 Å². The van der Waals surface area contributed by atoms with Crippen LogP contribution in [0.4, 0.5) is 0 Å². The number of hydrogen-bond donors (Lipinski definition) is 0. The summed E-state index contributed by atoms with van der Waals surface area (Å²) in [6.45, 7) is 2.85. The van der Waals surface area contributed by atoms with E-state index < -0.39 is 10.0 Å². The van der Waals surface area contributed by atoms with Crippen LogP contribution in [0.15, 0.2) is 60.1 Å². The normalized spacial score (nSPS) is 16.4. The second-order valence-electron chi connectivity index (χ2n) is 7.17. The Morgan fingerprint density at radius 2 is 1.72 bits per heavy atom. The lowest BCUT2D eigenvalue weighted by molar-refractivity contribution is 0.130. The Morgan fingerprint density at radius 1 is 1.03 bits per heavy atom. The van der Waals surface area contributed by atoms with Gasteiger partial charge in [0.1, 0.15) is 6.10 Å². The number of aromatic nitrogens is 2. The van der Waals surface area contributed by atoms with E-state index in [9.17, 15) is 8.42 Å². The molecule has 150 valence electrons. The molecule has 0 amide bonds. The highest BCUT2D eigenvalue weighted by Crippen LogP contribution is 2.21. The van der Waals surface area contributed by atoms with Crippen molar-refractivity contribution in [3.05, 3.63) is 71.3 Å². The van der Waals surface area contributed by atoms with E-state index in [2.05, 4.69) is 9.97 Å². The minimum atomic E-state index is -3.45. The number of para-hydroxylation sites is 2. The van der Waals surface area contributed by atoms with Crippen molar-refractivity contribution in [2.24, 2.45) is 0 Å². The van der Waals surface area contributed by atoms with Gasteiger partial charge in [0.05, 0.1) is 17.2 Å². The Labute approximate surface area is 170 Å². The average molecular weight is 410 g/mol. The van der Waals surface area contributed by atoms with Crippen molar-refractivity contribution in [2.45, 2.75) is 25.9 Å². The summed E-state index contributed by atoms with van der Waals surface area (Å²) < 4.78 is 32.7. The monoisotopic (exact) mass is 409 g/mol. The molecule has 0 saturated carbocycles. The summed E-state index contributed by atoms with van der Waals surface area (Å²) in [6.07, 6.45) is 4.42. The molecular formula is C22H23N3O3S. The third-order valence-electron chi connectivity index (χ3n) is 4.98. The fourth-order valence-corrected chi connectivity index (χ4v) is 4.52. The lowest BCUT2D eigenvalue weighted by Gasteiger charge is -2.30. The average Bonchev–Trinajstić information content (AvgIpc) is 2.74. The summed E-state index contributed by atoms with van der Waals surface area (Å²) >= 11 is 0. The minimum absolute atomic E-state index is 0.0713. The fourth-order valence-electron chi connectivity index (χ4n) is 3.30. The maximum absolute atomic E-state index is 12.6. The molecule has 4 rings (SSSR count). The van der Waals surface area contributed by atoms with E-state index in [4.69, 9.17) is 4.74 Å². The van der Waals surface area contributed by atoms with Crippen molar-refractivity contribution in [2.75, 3.05) is 13.1 Å². The van der Waals surface area contributed by atoms with Crippen LogP contribution >= 0.6 is 0 Å². The maximum Gasteiger partial charge on any atom is 0.236 e. The molecule has 0 atom stereocenters. The number of rotatable bonds is 5. The molecule has 0 radical (unpaired) electrons. The van der Waals surface area contributed by atoms with Crippen LogP contribution in [0.2, 0.25) is 0 Å². The van der Waals surface area contributed by atoms with E-state index >= 15 is 0 Å². The Bertz CT molecular complexity index is 1120. The molecule has 0 N–H and O–H groups in total. The van der Waals surface area contributed by atoms with E-state index in [0.717, 1.165) is 22.2 Å². The van der Waals surface area contributed by atoms with Gasteiger partial charge < -0.3 is 4.74 Å². The van der Waals surface area contributed by atoms with E-state index in [1.807, 2.05) is 55.5 Å². The van der Waals surface area contributed by atoms with Gasteiger partial charge in [0.2, 0.25) is 15.9 Å². The number of ether oxygens (including phenoxy) is 1. The van der Waals surface area contributed by atoms with Crippen molar-refractivity contribution in [3.8, 4) is 5.88 Å². The van der Waals surface area contributed by atoms with Gasteiger partial charge in [-0.05, 0) is 43.5 Å². The first-order valence-electron chi connectivity index (χ1n) is 9.63.